The molecule has 2 N–H and O–H groups in total. The molecule has 0 saturated heterocycles. The molecule has 0 unspecified atom stereocenters. The number of fused-ring (bicyclic) bond motifs is 1. The molecule has 0 spiro atoms. The third-order valence-corrected chi connectivity index (χ3v) is 2.69. The predicted molar refractivity (Wildman–Crippen MR) is 76.0 cm³/mol. The van der Waals surface area contributed by atoms with E-state index in [1.807, 2.05) is 0 Å². The van der Waals surface area contributed by atoms with Crippen LogP contribution < -0.4 is 5.43 Å². The molecule has 0 aliphatic carbocycles. The van der Waals surface area contributed by atoms with E-state index in [0.29, 0.717) is 22.5 Å². The fourth-order valence-corrected chi connectivity index (χ4v) is 1.74. The van der Waals surface area contributed by atoms with Gasteiger partial charge in [0.2, 0.25) is 0 Å². The number of imidazole rings is 1. The number of hydrogen-bond acceptors (Lipinski definition) is 7. The standard InChI is InChI=1S/C12H9N7O2/c20-19(21)9-3-1-2-8(4-9)5-17-18-12-10-11(14-6-13-10)15-7-16-12/h1-7H,(H2,13,14,15,16,18)/b17-5+. The van der Waals surface area contributed by atoms with Crippen LogP contribution in [0.2, 0.25) is 0 Å². The second kappa shape index (κ2) is 5.33. The Hall–Kier alpha value is -3.36. The van der Waals surface area contributed by atoms with Crippen LogP contribution in [0, 0.1) is 10.1 Å². The van der Waals surface area contributed by atoms with E-state index >= 15 is 0 Å². The lowest BCUT2D eigenvalue weighted by Gasteiger charge is -1.99. The van der Waals surface area contributed by atoms with Crippen LogP contribution in [0.5, 0.6) is 0 Å². The van der Waals surface area contributed by atoms with Gasteiger partial charge >= 0.3 is 0 Å². The molecule has 3 aromatic rings. The van der Waals surface area contributed by atoms with Gasteiger partial charge in [0.15, 0.2) is 11.5 Å². The van der Waals surface area contributed by atoms with Crippen LogP contribution >= 0.6 is 0 Å². The van der Waals surface area contributed by atoms with Crippen molar-refractivity contribution in [2.24, 2.45) is 5.10 Å². The van der Waals surface area contributed by atoms with Gasteiger partial charge in [-0.05, 0) is 0 Å². The van der Waals surface area contributed by atoms with Crippen LogP contribution in [0.25, 0.3) is 11.2 Å². The second-order valence-electron chi connectivity index (χ2n) is 4.05. The lowest BCUT2D eigenvalue weighted by Crippen LogP contribution is -1.96. The largest absolute Gasteiger partial charge is 0.340 e. The highest BCUT2D eigenvalue weighted by molar-refractivity contribution is 5.84. The Kier molecular flexibility index (Phi) is 3.21. The number of anilines is 1. The molecular weight excluding hydrogens is 274 g/mol. The monoisotopic (exact) mass is 283 g/mol. The first-order valence-corrected chi connectivity index (χ1v) is 5.91. The van der Waals surface area contributed by atoms with Crippen molar-refractivity contribution in [3.05, 3.63) is 52.6 Å². The molecule has 0 fully saturated rings. The number of nitro benzene ring substituents is 1. The summed E-state index contributed by atoms with van der Waals surface area (Å²) in [7, 11) is 0. The number of aromatic amines is 1. The molecule has 0 saturated carbocycles. The summed E-state index contributed by atoms with van der Waals surface area (Å²) in [5.74, 6) is 0.471. The summed E-state index contributed by atoms with van der Waals surface area (Å²) in [5, 5.41) is 14.7. The summed E-state index contributed by atoms with van der Waals surface area (Å²) in [6.45, 7) is 0. The van der Waals surface area contributed by atoms with Crippen molar-refractivity contribution < 1.29 is 4.92 Å². The Labute approximate surface area is 117 Å². The van der Waals surface area contributed by atoms with Crippen molar-refractivity contribution in [2.45, 2.75) is 0 Å². The zero-order valence-corrected chi connectivity index (χ0v) is 10.6. The van der Waals surface area contributed by atoms with Crippen LogP contribution in [0.1, 0.15) is 5.56 Å². The summed E-state index contributed by atoms with van der Waals surface area (Å²) in [4.78, 5) is 25.1. The number of benzene rings is 1. The van der Waals surface area contributed by atoms with Gasteiger partial charge in [0, 0.05) is 17.7 Å². The van der Waals surface area contributed by atoms with Gasteiger partial charge in [-0.15, -0.1) is 0 Å². The lowest BCUT2D eigenvalue weighted by atomic mass is 10.2. The highest BCUT2D eigenvalue weighted by Crippen LogP contribution is 2.14. The molecule has 21 heavy (non-hydrogen) atoms. The van der Waals surface area contributed by atoms with Gasteiger partial charge in [0.25, 0.3) is 5.69 Å². The molecule has 0 amide bonds. The molecule has 1 aromatic carbocycles. The van der Waals surface area contributed by atoms with E-state index in [2.05, 4.69) is 30.5 Å². The molecule has 104 valence electrons. The quantitative estimate of drug-likeness (QED) is 0.427. The van der Waals surface area contributed by atoms with Crippen molar-refractivity contribution in [1.82, 2.24) is 19.9 Å². The Balaban J connectivity index is 1.79. The lowest BCUT2D eigenvalue weighted by molar-refractivity contribution is -0.384. The van der Waals surface area contributed by atoms with Crippen LogP contribution in [0.15, 0.2) is 42.0 Å². The van der Waals surface area contributed by atoms with Gasteiger partial charge in [-0.25, -0.2) is 15.0 Å². The van der Waals surface area contributed by atoms with Crippen LogP contribution in [0.3, 0.4) is 0 Å². The minimum atomic E-state index is -0.455. The van der Waals surface area contributed by atoms with E-state index in [1.165, 1.54) is 31.0 Å². The molecule has 0 aliphatic heterocycles. The summed E-state index contributed by atoms with van der Waals surface area (Å²) in [5.41, 5.74) is 4.52. The summed E-state index contributed by atoms with van der Waals surface area (Å²) < 4.78 is 0. The van der Waals surface area contributed by atoms with Gasteiger partial charge in [0.05, 0.1) is 17.5 Å². The average Bonchev–Trinajstić information content (AvgIpc) is 2.97. The molecule has 0 aliphatic rings. The van der Waals surface area contributed by atoms with Crippen molar-refractivity contribution in [3.8, 4) is 0 Å². The molecule has 9 heteroatoms. The number of H-pyrrole nitrogens is 1. The Bertz CT molecular complexity index is 827. The van der Waals surface area contributed by atoms with Crippen molar-refractivity contribution in [3.63, 3.8) is 0 Å². The first kappa shape index (κ1) is 12.7. The van der Waals surface area contributed by atoms with Gasteiger partial charge in [-0.1, -0.05) is 12.1 Å². The van der Waals surface area contributed by atoms with E-state index in [1.54, 1.807) is 12.1 Å². The van der Waals surface area contributed by atoms with Crippen LogP contribution in [-0.2, 0) is 0 Å². The fourth-order valence-electron chi connectivity index (χ4n) is 1.74. The normalized spacial score (nSPS) is 11.0. The molecule has 0 atom stereocenters. The average molecular weight is 283 g/mol. The number of non-ortho nitro benzene ring substituents is 1. The first-order chi connectivity index (χ1) is 10.2. The number of nitro groups is 1. The molecule has 3 rings (SSSR count). The van der Waals surface area contributed by atoms with E-state index in [-0.39, 0.29) is 5.69 Å². The topological polar surface area (TPSA) is 122 Å². The minimum Gasteiger partial charge on any atom is -0.340 e. The maximum Gasteiger partial charge on any atom is 0.270 e. The Morgan fingerprint density at radius 3 is 3.10 bits per heavy atom. The minimum absolute atomic E-state index is 0.0111. The second-order valence-corrected chi connectivity index (χ2v) is 4.05. The highest BCUT2D eigenvalue weighted by Gasteiger charge is 2.05. The maximum atomic E-state index is 10.7. The number of nitrogens with one attached hydrogen (secondary N) is 2. The summed E-state index contributed by atoms with van der Waals surface area (Å²) in [6.07, 6.45) is 4.35. The van der Waals surface area contributed by atoms with Gasteiger partial charge < -0.3 is 4.98 Å². The number of hydrogen-bond donors (Lipinski definition) is 2. The maximum absolute atomic E-state index is 10.7. The molecular formula is C12H9N7O2. The molecule has 2 heterocycles. The highest BCUT2D eigenvalue weighted by atomic mass is 16.6. The van der Waals surface area contributed by atoms with Crippen LogP contribution in [-0.4, -0.2) is 31.1 Å². The molecule has 2 aromatic heterocycles. The van der Waals surface area contributed by atoms with Crippen molar-refractivity contribution in [2.75, 3.05) is 5.43 Å². The SMILES string of the molecule is O=[N+]([O-])c1cccc(/C=N/Nc2ncnc3nc[nH]c23)c1. The number of hydrazone groups is 1. The fraction of sp³-hybridized carbons (Fsp3) is 0. The zero-order valence-electron chi connectivity index (χ0n) is 10.6. The molecule has 9 nitrogen and oxygen atoms in total. The Morgan fingerprint density at radius 2 is 2.24 bits per heavy atom. The van der Waals surface area contributed by atoms with Gasteiger partial charge in [-0.3, -0.25) is 15.5 Å². The van der Waals surface area contributed by atoms with Crippen molar-refractivity contribution in [1.29, 1.82) is 0 Å². The third kappa shape index (κ3) is 2.66. The van der Waals surface area contributed by atoms with Crippen LogP contribution in [0.4, 0.5) is 11.5 Å². The van der Waals surface area contributed by atoms with E-state index in [9.17, 15) is 10.1 Å². The van der Waals surface area contributed by atoms with Gasteiger partial charge in [0.1, 0.15) is 11.8 Å². The Morgan fingerprint density at radius 1 is 1.33 bits per heavy atom. The van der Waals surface area contributed by atoms with E-state index < -0.39 is 4.92 Å². The third-order valence-electron chi connectivity index (χ3n) is 2.69. The number of aromatic nitrogens is 4. The zero-order chi connectivity index (χ0) is 14.7. The number of nitrogens with zero attached hydrogens (tertiary/aromatic N) is 5. The predicted octanol–water partition coefficient (Wildman–Crippen LogP) is 1.71. The molecule has 0 bridgehead atoms. The van der Waals surface area contributed by atoms with E-state index in [4.69, 9.17) is 0 Å². The van der Waals surface area contributed by atoms with E-state index in [0.717, 1.165) is 0 Å². The first-order valence-electron chi connectivity index (χ1n) is 5.91. The summed E-state index contributed by atoms with van der Waals surface area (Å²) in [6, 6.07) is 6.15. The number of rotatable bonds is 4. The smallest absolute Gasteiger partial charge is 0.270 e. The molecule has 0 radical (unpaired) electrons. The van der Waals surface area contributed by atoms with Crippen molar-refractivity contribution >= 4 is 28.9 Å². The summed E-state index contributed by atoms with van der Waals surface area (Å²) >= 11 is 0. The van der Waals surface area contributed by atoms with Gasteiger partial charge in [-0.2, -0.15) is 5.10 Å².